The van der Waals surface area contributed by atoms with E-state index in [0.717, 1.165) is 12.0 Å². The summed E-state index contributed by atoms with van der Waals surface area (Å²) in [7, 11) is 2.97. The Bertz CT molecular complexity index is 700. The van der Waals surface area contributed by atoms with E-state index in [1.54, 1.807) is 7.05 Å². The van der Waals surface area contributed by atoms with Crippen LogP contribution in [0.3, 0.4) is 0 Å². The van der Waals surface area contributed by atoms with Gasteiger partial charge in [0.25, 0.3) is 5.91 Å². The number of nitrogens with zero attached hydrogens (tertiary/aromatic N) is 1. The molecule has 25 heavy (non-hydrogen) atoms. The van der Waals surface area contributed by atoms with Crippen LogP contribution in [0.5, 0.6) is 5.75 Å². The van der Waals surface area contributed by atoms with Gasteiger partial charge in [-0.3, -0.25) is 9.59 Å². The van der Waals surface area contributed by atoms with Crippen molar-refractivity contribution in [3.8, 4) is 5.75 Å². The second kappa shape index (κ2) is 9.47. The number of carbonyl (C=O) groups is 2. The molecule has 0 atom stereocenters. The van der Waals surface area contributed by atoms with E-state index in [0.29, 0.717) is 12.3 Å². The van der Waals surface area contributed by atoms with Gasteiger partial charge >= 0.3 is 5.97 Å². The second-order valence-corrected chi connectivity index (χ2v) is 5.70. The molecule has 0 saturated heterocycles. The zero-order chi connectivity index (χ0) is 18.1. The van der Waals surface area contributed by atoms with Gasteiger partial charge in [0, 0.05) is 20.0 Å². The van der Waals surface area contributed by atoms with Crippen molar-refractivity contribution in [1.29, 1.82) is 0 Å². The molecule has 0 aliphatic heterocycles. The Morgan fingerprint density at radius 2 is 1.68 bits per heavy atom. The van der Waals surface area contributed by atoms with Gasteiger partial charge in [-0.1, -0.05) is 48.5 Å². The monoisotopic (exact) mass is 341 g/mol. The highest BCUT2D eigenvalue weighted by atomic mass is 16.5. The fraction of sp³-hybridized carbons (Fsp3) is 0.300. The van der Waals surface area contributed by atoms with Crippen LogP contribution in [0.4, 0.5) is 0 Å². The van der Waals surface area contributed by atoms with E-state index < -0.39 is 0 Å². The third kappa shape index (κ3) is 5.95. The molecule has 5 heteroatoms. The average molecular weight is 341 g/mol. The first kappa shape index (κ1) is 18.5. The summed E-state index contributed by atoms with van der Waals surface area (Å²) in [5.41, 5.74) is 2.21. The predicted molar refractivity (Wildman–Crippen MR) is 95.5 cm³/mol. The zero-order valence-corrected chi connectivity index (χ0v) is 14.6. The molecular weight excluding hydrogens is 318 g/mol. The van der Waals surface area contributed by atoms with Gasteiger partial charge in [0.1, 0.15) is 5.75 Å². The molecule has 1 amide bonds. The maximum Gasteiger partial charge on any atom is 0.307 e. The third-order valence-electron chi connectivity index (χ3n) is 3.87. The van der Waals surface area contributed by atoms with Gasteiger partial charge in [0.15, 0.2) is 6.61 Å². The molecule has 132 valence electrons. The summed E-state index contributed by atoms with van der Waals surface area (Å²) >= 11 is 0. The molecule has 0 unspecified atom stereocenters. The first-order chi connectivity index (χ1) is 12.1. The Labute approximate surface area is 148 Å². The topological polar surface area (TPSA) is 55.8 Å². The van der Waals surface area contributed by atoms with Gasteiger partial charge < -0.3 is 14.4 Å². The summed E-state index contributed by atoms with van der Waals surface area (Å²) in [6.45, 7) is 0.240. The van der Waals surface area contributed by atoms with E-state index in [4.69, 9.17) is 4.74 Å². The van der Waals surface area contributed by atoms with Crippen molar-refractivity contribution < 1.29 is 19.1 Å². The molecule has 0 fully saturated rings. The first-order valence-corrected chi connectivity index (χ1v) is 8.15. The number of amides is 1. The summed E-state index contributed by atoms with van der Waals surface area (Å²) in [6.07, 6.45) is 0.909. The van der Waals surface area contributed by atoms with Gasteiger partial charge in [-0.15, -0.1) is 0 Å². The predicted octanol–water partition coefficient (Wildman–Crippen LogP) is 2.68. The molecule has 0 aliphatic carbocycles. The van der Waals surface area contributed by atoms with Crippen molar-refractivity contribution in [2.45, 2.75) is 12.8 Å². The minimum absolute atomic E-state index is 0.0660. The molecule has 0 aromatic heterocycles. The SMILES string of the molecule is COC(=O)CCN(C)C(=O)COc1ccccc1Cc1ccccc1. The van der Waals surface area contributed by atoms with Crippen LogP contribution in [0.25, 0.3) is 0 Å². The van der Waals surface area contributed by atoms with Gasteiger partial charge in [-0.25, -0.2) is 0 Å². The Morgan fingerprint density at radius 3 is 2.40 bits per heavy atom. The number of ether oxygens (including phenoxy) is 2. The number of methoxy groups -OCH3 is 1. The Hall–Kier alpha value is -2.82. The maximum absolute atomic E-state index is 12.1. The fourth-order valence-electron chi connectivity index (χ4n) is 2.34. The highest BCUT2D eigenvalue weighted by molar-refractivity contribution is 5.78. The summed E-state index contributed by atoms with van der Waals surface area (Å²) in [6, 6.07) is 17.8. The molecule has 2 aromatic carbocycles. The molecular formula is C20H23NO4. The molecule has 0 N–H and O–H groups in total. The number of hydrogen-bond donors (Lipinski definition) is 0. The van der Waals surface area contributed by atoms with E-state index >= 15 is 0 Å². The van der Waals surface area contributed by atoms with Crippen LogP contribution in [0.1, 0.15) is 17.5 Å². The highest BCUT2D eigenvalue weighted by Crippen LogP contribution is 2.21. The van der Waals surface area contributed by atoms with Crippen LogP contribution < -0.4 is 4.74 Å². The van der Waals surface area contributed by atoms with E-state index in [1.165, 1.54) is 17.6 Å². The standard InChI is InChI=1S/C20H23NO4/c1-21(13-12-20(23)24-2)19(22)15-25-18-11-7-6-10-17(18)14-16-8-4-3-5-9-16/h3-11H,12-15H2,1-2H3. The lowest BCUT2D eigenvalue weighted by atomic mass is 10.0. The van der Waals surface area contributed by atoms with Crippen LogP contribution in [-0.4, -0.2) is 44.1 Å². The van der Waals surface area contributed by atoms with Gasteiger partial charge in [0.05, 0.1) is 13.5 Å². The van der Waals surface area contributed by atoms with Crippen LogP contribution in [0.2, 0.25) is 0 Å². The van der Waals surface area contributed by atoms with Crippen molar-refractivity contribution >= 4 is 11.9 Å². The van der Waals surface area contributed by atoms with Crippen molar-refractivity contribution in [1.82, 2.24) is 4.90 Å². The van der Waals surface area contributed by atoms with Crippen molar-refractivity contribution in [2.24, 2.45) is 0 Å². The minimum atomic E-state index is -0.339. The van der Waals surface area contributed by atoms with Gasteiger partial charge in [-0.05, 0) is 17.2 Å². The third-order valence-corrected chi connectivity index (χ3v) is 3.87. The largest absolute Gasteiger partial charge is 0.483 e. The minimum Gasteiger partial charge on any atom is -0.483 e. The number of para-hydroxylation sites is 1. The lowest BCUT2D eigenvalue weighted by Crippen LogP contribution is -2.33. The zero-order valence-electron chi connectivity index (χ0n) is 14.6. The molecule has 0 bridgehead atoms. The van der Waals surface area contributed by atoms with Crippen molar-refractivity contribution in [3.05, 3.63) is 65.7 Å². The van der Waals surface area contributed by atoms with Crippen LogP contribution in [0.15, 0.2) is 54.6 Å². The molecule has 2 rings (SSSR count). The second-order valence-electron chi connectivity index (χ2n) is 5.70. The quantitative estimate of drug-likeness (QED) is 0.693. The normalized spacial score (nSPS) is 10.2. The smallest absolute Gasteiger partial charge is 0.307 e. The Kier molecular flexibility index (Phi) is 7.01. The van der Waals surface area contributed by atoms with Gasteiger partial charge in [-0.2, -0.15) is 0 Å². The maximum atomic E-state index is 12.1. The van der Waals surface area contributed by atoms with E-state index in [-0.39, 0.29) is 24.9 Å². The fourth-order valence-corrected chi connectivity index (χ4v) is 2.34. The number of likely N-dealkylation sites (N-methyl/N-ethyl adjacent to an activating group) is 1. The molecule has 0 spiro atoms. The number of carbonyl (C=O) groups excluding carboxylic acids is 2. The molecule has 0 heterocycles. The lowest BCUT2D eigenvalue weighted by molar-refractivity contribution is -0.141. The van der Waals surface area contributed by atoms with E-state index in [2.05, 4.69) is 16.9 Å². The first-order valence-electron chi connectivity index (χ1n) is 8.15. The Balaban J connectivity index is 1.92. The van der Waals surface area contributed by atoms with Crippen LogP contribution in [-0.2, 0) is 20.7 Å². The molecule has 5 nitrogen and oxygen atoms in total. The number of rotatable bonds is 8. The van der Waals surface area contributed by atoms with E-state index in [9.17, 15) is 9.59 Å². The van der Waals surface area contributed by atoms with E-state index in [1.807, 2.05) is 42.5 Å². The number of hydrogen-bond acceptors (Lipinski definition) is 4. The highest BCUT2D eigenvalue weighted by Gasteiger charge is 2.13. The summed E-state index contributed by atoms with van der Waals surface area (Å²) in [5, 5.41) is 0. The Morgan fingerprint density at radius 1 is 1.00 bits per heavy atom. The van der Waals surface area contributed by atoms with Crippen LogP contribution >= 0.6 is 0 Å². The summed E-state index contributed by atoms with van der Waals surface area (Å²) in [5.74, 6) is 0.174. The summed E-state index contributed by atoms with van der Waals surface area (Å²) < 4.78 is 10.3. The van der Waals surface area contributed by atoms with Gasteiger partial charge in [0.2, 0.25) is 0 Å². The molecule has 0 saturated carbocycles. The van der Waals surface area contributed by atoms with Crippen LogP contribution in [0, 0.1) is 0 Å². The number of esters is 1. The summed E-state index contributed by atoms with van der Waals surface area (Å²) in [4.78, 5) is 24.7. The van der Waals surface area contributed by atoms with Crippen molar-refractivity contribution in [3.63, 3.8) is 0 Å². The molecule has 0 aliphatic rings. The molecule has 0 radical (unpaired) electrons. The van der Waals surface area contributed by atoms with Crippen molar-refractivity contribution in [2.75, 3.05) is 27.3 Å². The number of benzene rings is 2. The average Bonchev–Trinajstić information content (AvgIpc) is 2.65. The lowest BCUT2D eigenvalue weighted by Gasteiger charge is -2.17. The molecule has 2 aromatic rings.